The largest absolute Gasteiger partial charge is 0.359 e. The first-order chi connectivity index (χ1) is 5.77. The molecule has 0 unspecified atom stereocenters. The Kier molecular flexibility index (Phi) is 7.76. The van der Waals surface area contributed by atoms with E-state index >= 15 is 0 Å². The highest BCUT2D eigenvalue weighted by molar-refractivity contribution is 5.68. The molecule has 2 heteroatoms. The maximum absolute atomic E-state index is 9.97. The van der Waals surface area contributed by atoms with Gasteiger partial charge in [-0.1, -0.05) is 38.3 Å². The van der Waals surface area contributed by atoms with Crippen LogP contribution in [0.5, 0.6) is 0 Å². The van der Waals surface area contributed by atoms with Crippen molar-refractivity contribution in [2.45, 2.75) is 45.4 Å². The number of hydrogen-bond donors (Lipinski definition) is 0. The third-order valence-corrected chi connectivity index (χ3v) is 1.68. The van der Waals surface area contributed by atoms with Gasteiger partial charge in [-0.2, -0.15) is 0 Å². The topological polar surface area (TPSA) is 37.0 Å². The van der Waals surface area contributed by atoms with Gasteiger partial charge in [0, 0.05) is 0 Å². The zero-order chi connectivity index (χ0) is 9.23. The summed E-state index contributed by atoms with van der Waals surface area (Å²) < 4.78 is 0. The lowest BCUT2D eigenvalue weighted by Crippen LogP contribution is -1.86. The highest BCUT2D eigenvalue weighted by Gasteiger charge is 1.91. The number of allylic oxidation sites excluding steroid dienone is 1. The molecule has 2 nitrogen and oxygen atoms in total. The summed E-state index contributed by atoms with van der Waals surface area (Å²) in [4.78, 5) is 9.97. The Morgan fingerprint density at radius 3 is 2.50 bits per heavy atom. The number of carbonyl (C=O) groups excluding carboxylic acids is 1. The fraction of sp³-hybridized carbons (Fsp3) is 0.700. The SMILES string of the molecule is CCCCCC/C=C/CC([O])=O. The molecule has 0 aliphatic carbocycles. The molecule has 0 heterocycles. The van der Waals surface area contributed by atoms with Crippen molar-refractivity contribution in [2.75, 3.05) is 0 Å². The van der Waals surface area contributed by atoms with Crippen molar-refractivity contribution in [1.29, 1.82) is 0 Å². The van der Waals surface area contributed by atoms with Crippen LogP contribution in [0.1, 0.15) is 45.4 Å². The van der Waals surface area contributed by atoms with Crippen molar-refractivity contribution in [3.63, 3.8) is 0 Å². The van der Waals surface area contributed by atoms with Gasteiger partial charge in [0.05, 0.1) is 6.42 Å². The quantitative estimate of drug-likeness (QED) is 0.426. The summed E-state index contributed by atoms with van der Waals surface area (Å²) in [7, 11) is 0. The van der Waals surface area contributed by atoms with Crippen molar-refractivity contribution >= 4 is 5.97 Å². The second kappa shape index (κ2) is 8.31. The predicted octanol–water partition coefficient (Wildman–Crippen LogP) is 2.86. The van der Waals surface area contributed by atoms with Crippen LogP contribution in [0.3, 0.4) is 0 Å². The second-order valence-electron chi connectivity index (χ2n) is 2.90. The molecule has 0 N–H and O–H groups in total. The molecule has 1 radical (unpaired) electrons. The van der Waals surface area contributed by atoms with Crippen molar-refractivity contribution in [2.24, 2.45) is 0 Å². The molecule has 0 amide bonds. The summed E-state index contributed by atoms with van der Waals surface area (Å²) in [6, 6.07) is 0. The first-order valence-electron chi connectivity index (χ1n) is 4.62. The smallest absolute Gasteiger partial charge is 0.247 e. The maximum atomic E-state index is 9.97. The van der Waals surface area contributed by atoms with Gasteiger partial charge in [-0.15, -0.1) is 0 Å². The number of rotatable bonds is 7. The molecule has 0 rings (SSSR count). The highest BCUT2D eigenvalue weighted by Crippen LogP contribution is 2.02. The summed E-state index contributed by atoms with van der Waals surface area (Å²) in [5, 5.41) is 9.97. The van der Waals surface area contributed by atoms with Gasteiger partial charge in [0.15, 0.2) is 0 Å². The summed E-state index contributed by atoms with van der Waals surface area (Å²) >= 11 is 0. The van der Waals surface area contributed by atoms with E-state index in [1.807, 2.05) is 6.08 Å². The van der Waals surface area contributed by atoms with E-state index in [0.717, 1.165) is 12.8 Å². The van der Waals surface area contributed by atoms with E-state index in [-0.39, 0.29) is 6.42 Å². The highest BCUT2D eigenvalue weighted by atomic mass is 16.4. The van der Waals surface area contributed by atoms with Gasteiger partial charge in [-0.25, -0.2) is 9.90 Å². The molecule has 0 saturated carbocycles. The van der Waals surface area contributed by atoms with Crippen molar-refractivity contribution in [3.8, 4) is 0 Å². The van der Waals surface area contributed by atoms with Gasteiger partial charge < -0.3 is 0 Å². The van der Waals surface area contributed by atoms with Gasteiger partial charge in [-0.3, -0.25) is 0 Å². The van der Waals surface area contributed by atoms with Crippen LogP contribution in [0, 0.1) is 0 Å². The average molecular weight is 169 g/mol. The Morgan fingerprint density at radius 2 is 1.92 bits per heavy atom. The van der Waals surface area contributed by atoms with Crippen LogP contribution < -0.4 is 0 Å². The monoisotopic (exact) mass is 169 g/mol. The van der Waals surface area contributed by atoms with Gasteiger partial charge in [0.25, 0.3) is 0 Å². The number of hydrogen-bond acceptors (Lipinski definition) is 1. The first-order valence-corrected chi connectivity index (χ1v) is 4.62. The van der Waals surface area contributed by atoms with E-state index in [4.69, 9.17) is 0 Å². The molecule has 0 fully saturated rings. The van der Waals surface area contributed by atoms with Gasteiger partial charge >= 0.3 is 5.97 Å². The molecular weight excluding hydrogens is 152 g/mol. The van der Waals surface area contributed by atoms with Crippen molar-refractivity contribution < 1.29 is 9.90 Å². The second-order valence-corrected chi connectivity index (χ2v) is 2.90. The lowest BCUT2D eigenvalue weighted by atomic mass is 10.1. The third-order valence-electron chi connectivity index (χ3n) is 1.68. The minimum atomic E-state index is -1.00. The standard InChI is InChI=1S/C10H17O2/c1-2-3-4-5-6-7-8-9-10(11)12/h7-8H,2-6,9H2,1H3/b8-7+. The average Bonchev–Trinajstić information content (AvgIpc) is 2.02. The minimum absolute atomic E-state index is 0.0494. The van der Waals surface area contributed by atoms with Crippen LogP contribution >= 0.6 is 0 Å². The Balaban J connectivity index is 3.08. The van der Waals surface area contributed by atoms with Gasteiger partial charge in [0.1, 0.15) is 0 Å². The molecule has 0 spiro atoms. The molecule has 0 saturated heterocycles. The van der Waals surface area contributed by atoms with Crippen LogP contribution in [-0.2, 0) is 9.90 Å². The van der Waals surface area contributed by atoms with Crippen molar-refractivity contribution in [1.82, 2.24) is 0 Å². The van der Waals surface area contributed by atoms with Crippen LogP contribution in [0.4, 0.5) is 0 Å². The zero-order valence-electron chi connectivity index (χ0n) is 7.71. The lowest BCUT2D eigenvalue weighted by Gasteiger charge is -1.93. The molecule has 69 valence electrons. The van der Waals surface area contributed by atoms with E-state index in [0.29, 0.717) is 0 Å². The summed E-state index contributed by atoms with van der Waals surface area (Å²) in [5.41, 5.74) is 0. The predicted molar refractivity (Wildman–Crippen MR) is 48.2 cm³/mol. The van der Waals surface area contributed by atoms with Crippen LogP contribution in [0.2, 0.25) is 0 Å². The molecule has 0 bridgehead atoms. The minimum Gasteiger partial charge on any atom is -0.247 e. The van der Waals surface area contributed by atoms with Crippen LogP contribution in [0.25, 0.3) is 0 Å². The molecule has 0 aliphatic rings. The van der Waals surface area contributed by atoms with E-state index < -0.39 is 5.97 Å². The van der Waals surface area contributed by atoms with E-state index in [9.17, 15) is 9.90 Å². The Hall–Kier alpha value is -0.790. The fourth-order valence-electron chi connectivity index (χ4n) is 0.986. The van der Waals surface area contributed by atoms with E-state index in [2.05, 4.69) is 6.92 Å². The number of carbonyl (C=O) groups is 1. The first kappa shape index (κ1) is 11.2. The Morgan fingerprint density at radius 1 is 1.17 bits per heavy atom. The third kappa shape index (κ3) is 9.21. The Bertz CT molecular complexity index is 139. The van der Waals surface area contributed by atoms with Gasteiger partial charge in [-0.05, 0) is 12.8 Å². The van der Waals surface area contributed by atoms with Gasteiger partial charge in [0.2, 0.25) is 0 Å². The molecule has 0 aliphatic heterocycles. The van der Waals surface area contributed by atoms with Crippen LogP contribution in [0.15, 0.2) is 12.2 Å². The zero-order valence-corrected chi connectivity index (χ0v) is 7.71. The lowest BCUT2D eigenvalue weighted by molar-refractivity contribution is -0.142. The van der Waals surface area contributed by atoms with E-state index in [1.165, 1.54) is 19.3 Å². The molecule has 0 aromatic rings. The van der Waals surface area contributed by atoms with Crippen molar-refractivity contribution in [3.05, 3.63) is 12.2 Å². The molecule has 0 atom stereocenters. The van der Waals surface area contributed by atoms with Crippen LogP contribution in [-0.4, -0.2) is 5.97 Å². The molecule has 0 aromatic carbocycles. The summed E-state index contributed by atoms with van der Waals surface area (Å²) in [6.45, 7) is 2.17. The Labute approximate surface area is 74.3 Å². The molecular formula is C10H17O2. The summed E-state index contributed by atoms with van der Waals surface area (Å²) in [6.07, 6.45) is 9.55. The number of unbranched alkanes of at least 4 members (excludes halogenated alkanes) is 4. The summed E-state index contributed by atoms with van der Waals surface area (Å²) in [5.74, 6) is -1.00. The molecule has 0 aromatic heterocycles. The van der Waals surface area contributed by atoms with E-state index in [1.54, 1.807) is 6.08 Å². The fourth-order valence-corrected chi connectivity index (χ4v) is 0.986. The maximum Gasteiger partial charge on any atom is 0.359 e. The normalized spacial score (nSPS) is 10.8. The molecule has 12 heavy (non-hydrogen) atoms.